The van der Waals surface area contributed by atoms with Crippen LogP contribution in [0.25, 0.3) is 0 Å². The molecule has 0 bridgehead atoms. The largest absolute Gasteiger partial charge is 0.485 e. The fourth-order valence-electron chi connectivity index (χ4n) is 3.01. The summed E-state index contributed by atoms with van der Waals surface area (Å²) in [6, 6.07) is 13.0. The second kappa shape index (κ2) is 8.33. The zero-order valence-electron chi connectivity index (χ0n) is 16.5. The Labute approximate surface area is 164 Å². The lowest BCUT2D eigenvalue weighted by molar-refractivity contribution is -0.162. The number of amides is 1. The number of anilines is 1. The summed E-state index contributed by atoms with van der Waals surface area (Å²) in [4.78, 5) is 25.0. The number of para-hydroxylation sites is 3. The highest BCUT2D eigenvalue weighted by molar-refractivity contribution is 5.96. The number of rotatable bonds is 5. The Morgan fingerprint density at radius 1 is 1.07 bits per heavy atom. The molecule has 148 valence electrons. The second-order valence-electron chi connectivity index (χ2n) is 7.13. The van der Waals surface area contributed by atoms with Crippen molar-refractivity contribution in [3.05, 3.63) is 53.6 Å². The van der Waals surface area contributed by atoms with Gasteiger partial charge in [0.25, 0.3) is 5.91 Å². The van der Waals surface area contributed by atoms with Crippen LogP contribution < -0.4 is 14.8 Å². The standard InChI is InChI=1S/C22H25NO5/c1-13(2)16-9-7-8-14(3)20(16)23-21(24)15(4)27-22(25)19-12-26-17-10-5-6-11-18(17)28-19/h5-11,13,15,19H,12H2,1-4H3,(H,23,24)/t15-,19+/m1/s1. The van der Waals surface area contributed by atoms with Gasteiger partial charge in [0.2, 0.25) is 6.10 Å². The lowest BCUT2D eigenvalue weighted by Gasteiger charge is -2.26. The SMILES string of the molecule is Cc1cccc(C(C)C)c1NC(=O)[C@@H](C)OC(=O)[C@@H]1COc2ccccc2O1. The maximum absolute atomic E-state index is 12.6. The van der Waals surface area contributed by atoms with E-state index in [-0.39, 0.29) is 18.4 Å². The number of aryl methyl sites for hydroxylation is 1. The van der Waals surface area contributed by atoms with Gasteiger partial charge in [0, 0.05) is 5.69 Å². The molecule has 0 aromatic heterocycles. The molecule has 0 saturated heterocycles. The van der Waals surface area contributed by atoms with Crippen molar-refractivity contribution in [1.82, 2.24) is 0 Å². The predicted octanol–water partition coefficient (Wildman–Crippen LogP) is 3.83. The van der Waals surface area contributed by atoms with Gasteiger partial charge in [-0.05, 0) is 43.0 Å². The molecular weight excluding hydrogens is 358 g/mol. The van der Waals surface area contributed by atoms with Gasteiger partial charge in [-0.1, -0.05) is 44.2 Å². The zero-order valence-corrected chi connectivity index (χ0v) is 16.5. The van der Waals surface area contributed by atoms with E-state index in [1.807, 2.05) is 31.2 Å². The van der Waals surface area contributed by atoms with E-state index in [2.05, 4.69) is 19.2 Å². The van der Waals surface area contributed by atoms with Gasteiger partial charge >= 0.3 is 5.97 Å². The minimum Gasteiger partial charge on any atom is -0.485 e. The van der Waals surface area contributed by atoms with Gasteiger partial charge in [-0.25, -0.2) is 4.79 Å². The van der Waals surface area contributed by atoms with Crippen LogP contribution in [0.4, 0.5) is 5.69 Å². The Kier molecular flexibility index (Phi) is 5.87. The van der Waals surface area contributed by atoms with Crippen LogP contribution in [0.15, 0.2) is 42.5 Å². The molecule has 0 spiro atoms. The van der Waals surface area contributed by atoms with E-state index in [1.54, 1.807) is 18.2 Å². The molecule has 6 heteroatoms. The molecule has 6 nitrogen and oxygen atoms in total. The summed E-state index contributed by atoms with van der Waals surface area (Å²) in [6.45, 7) is 7.64. The topological polar surface area (TPSA) is 73.9 Å². The van der Waals surface area contributed by atoms with Gasteiger partial charge in [-0.15, -0.1) is 0 Å². The highest BCUT2D eigenvalue weighted by Gasteiger charge is 2.31. The molecule has 2 atom stereocenters. The number of benzene rings is 2. The van der Waals surface area contributed by atoms with E-state index in [4.69, 9.17) is 14.2 Å². The molecule has 2 aromatic carbocycles. The Bertz CT molecular complexity index is 877. The Morgan fingerprint density at radius 3 is 2.50 bits per heavy atom. The predicted molar refractivity (Wildman–Crippen MR) is 106 cm³/mol. The Hall–Kier alpha value is -3.02. The summed E-state index contributed by atoms with van der Waals surface area (Å²) in [5, 5.41) is 2.90. The van der Waals surface area contributed by atoms with E-state index >= 15 is 0 Å². The highest BCUT2D eigenvalue weighted by atomic mass is 16.6. The molecular formula is C22H25NO5. The summed E-state index contributed by atoms with van der Waals surface area (Å²) in [5.41, 5.74) is 2.75. The van der Waals surface area contributed by atoms with Gasteiger partial charge < -0.3 is 19.5 Å². The second-order valence-corrected chi connectivity index (χ2v) is 7.13. The quantitative estimate of drug-likeness (QED) is 0.795. The smallest absolute Gasteiger partial charge is 0.351 e. The fourth-order valence-corrected chi connectivity index (χ4v) is 3.01. The molecule has 3 rings (SSSR count). The van der Waals surface area contributed by atoms with E-state index in [0.717, 1.165) is 16.8 Å². The Balaban J connectivity index is 1.63. The normalized spacial score (nSPS) is 16.4. The first-order chi connectivity index (χ1) is 13.4. The van der Waals surface area contributed by atoms with Crippen LogP contribution in [0.2, 0.25) is 0 Å². The third-order valence-corrected chi connectivity index (χ3v) is 4.61. The van der Waals surface area contributed by atoms with E-state index in [1.165, 1.54) is 6.92 Å². The van der Waals surface area contributed by atoms with Crippen LogP contribution in [0.3, 0.4) is 0 Å². The van der Waals surface area contributed by atoms with Crippen molar-refractivity contribution >= 4 is 17.6 Å². The van der Waals surface area contributed by atoms with Gasteiger partial charge in [-0.3, -0.25) is 4.79 Å². The third-order valence-electron chi connectivity index (χ3n) is 4.61. The summed E-state index contributed by atoms with van der Waals surface area (Å²) in [5.74, 6) is 0.293. The average Bonchev–Trinajstić information content (AvgIpc) is 2.68. The molecule has 1 amide bonds. The number of ether oxygens (including phenoxy) is 3. The van der Waals surface area contributed by atoms with Crippen molar-refractivity contribution in [1.29, 1.82) is 0 Å². The minimum atomic E-state index is -0.965. The van der Waals surface area contributed by atoms with Crippen molar-refractivity contribution in [2.24, 2.45) is 0 Å². The number of carbonyl (C=O) groups excluding carboxylic acids is 2. The first-order valence-corrected chi connectivity index (χ1v) is 9.36. The molecule has 0 aliphatic carbocycles. The maximum atomic E-state index is 12.6. The number of hydrogen-bond donors (Lipinski definition) is 1. The first-order valence-electron chi connectivity index (χ1n) is 9.36. The van der Waals surface area contributed by atoms with Crippen molar-refractivity contribution in [3.63, 3.8) is 0 Å². The lowest BCUT2D eigenvalue weighted by Crippen LogP contribution is -2.41. The number of esters is 1. The van der Waals surface area contributed by atoms with Crippen LogP contribution in [0.1, 0.15) is 37.8 Å². The van der Waals surface area contributed by atoms with E-state index in [0.29, 0.717) is 11.5 Å². The van der Waals surface area contributed by atoms with Crippen LogP contribution in [-0.4, -0.2) is 30.7 Å². The molecule has 28 heavy (non-hydrogen) atoms. The maximum Gasteiger partial charge on any atom is 0.351 e. The molecule has 1 aliphatic heterocycles. The lowest BCUT2D eigenvalue weighted by atomic mass is 9.98. The summed E-state index contributed by atoms with van der Waals surface area (Å²) in [6.07, 6.45) is -1.87. The van der Waals surface area contributed by atoms with Gasteiger partial charge in [0.15, 0.2) is 17.6 Å². The molecule has 2 aromatic rings. The van der Waals surface area contributed by atoms with Crippen LogP contribution in [-0.2, 0) is 14.3 Å². The van der Waals surface area contributed by atoms with Crippen molar-refractivity contribution < 1.29 is 23.8 Å². The number of fused-ring (bicyclic) bond motifs is 1. The molecule has 1 heterocycles. The van der Waals surface area contributed by atoms with Crippen molar-refractivity contribution in [2.45, 2.75) is 45.8 Å². The molecule has 1 aliphatic rings. The zero-order chi connectivity index (χ0) is 20.3. The van der Waals surface area contributed by atoms with Crippen LogP contribution >= 0.6 is 0 Å². The summed E-state index contributed by atoms with van der Waals surface area (Å²) in [7, 11) is 0. The van der Waals surface area contributed by atoms with Gasteiger partial charge in [-0.2, -0.15) is 0 Å². The first kappa shape index (κ1) is 19.7. The number of carbonyl (C=O) groups is 2. The van der Waals surface area contributed by atoms with Gasteiger partial charge in [0.1, 0.15) is 6.61 Å². The Morgan fingerprint density at radius 2 is 1.79 bits per heavy atom. The minimum absolute atomic E-state index is 0.0411. The van der Waals surface area contributed by atoms with E-state index in [9.17, 15) is 9.59 Å². The molecule has 0 unspecified atom stereocenters. The third kappa shape index (κ3) is 4.27. The van der Waals surface area contributed by atoms with Crippen LogP contribution in [0.5, 0.6) is 11.5 Å². The molecule has 1 N–H and O–H groups in total. The van der Waals surface area contributed by atoms with Crippen molar-refractivity contribution in [3.8, 4) is 11.5 Å². The average molecular weight is 383 g/mol. The van der Waals surface area contributed by atoms with Crippen molar-refractivity contribution in [2.75, 3.05) is 11.9 Å². The number of nitrogens with one attached hydrogen (secondary N) is 1. The van der Waals surface area contributed by atoms with E-state index < -0.39 is 18.2 Å². The fraction of sp³-hybridized carbons (Fsp3) is 0.364. The molecule has 0 saturated carbocycles. The summed E-state index contributed by atoms with van der Waals surface area (Å²) >= 11 is 0. The molecule has 0 fully saturated rings. The highest BCUT2D eigenvalue weighted by Crippen LogP contribution is 2.31. The van der Waals surface area contributed by atoms with Crippen LogP contribution in [0, 0.1) is 6.92 Å². The van der Waals surface area contributed by atoms with Gasteiger partial charge in [0.05, 0.1) is 0 Å². The summed E-state index contributed by atoms with van der Waals surface area (Å²) < 4.78 is 16.5. The number of hydrogen-bond acceptors (Lipinski definition) is 5. The monoisotopic (exact) mass is 383 g/mol. The molecule has 0 radical (unpaired) electrons.